The van der Waals surface area contributed by atoms with Crippen LogP contribution in [0, 0.1) is 6.92 Å². The molecular weight excluding hydrogens is 246 g/mol. The normalized spacial score (nSPS) is 13.2. The molecule has 0 radical (unpaired) electrons. The summed E-state index contributed by atoms with van der Waals surface area (Å²) in [6.07, 6.45) is 0. The Morgan fingerprint density at radius 2 is 1.65 bits per heavy atom. The third-order valence-electron chi connectivity index (χ3n) is 3.82. The van der Waals surface area contributed by atoms with Crippen molar-refractivity contribution in [1.29, 1.82) is 0 Å². The minimum absolute atomic E-state index is 0.0578. The van der Waals surface area contributed by atoms with Crippen LogP contribution in [0.3, 0.4) is 0 Å². The highest BCUT2D eigenvalue weighted by Crippen LogP contribution is 2.41. The molecule has 3 aromatic carbocycles. The van der Waals surface area contributed by atoms with E-state index in [-0.39, 0.29) is 5.91 Å². The Labute approximate surface area is 117 Å². The molecule has 0 fully saturated rings. The van der Waals surface area contributed by atoms with Crippen molar-refractivity contribution in [1.82, 2.24) is 0 Å². The molecule has 20 heavy (non-hydrogen) atoms. The van der Waals surface area contributed by atoms with Crippen molar-refractivity contribution in [3.8, 4) is 0 Å². The summed E-state index contributed by atoms with van der Waals surface area (Å²) in [7, 11) is 0. The van der Waals surface area contributed by atoms with E-state index in [0.717, 1.165) is 33.3 Å². The Balaban J connectivity index is 2.02. The summed E-state index contributed by atoms with van der Waals surface area (Å²) < 4.78 is 0. The number of nitrogens with zero attached hydrogens (tertiary/aromatic N) is 1. The molecule has 0 saturated heterocycles. The lowest BCUT2D eigenvalue weighted by atomic mass is 10.1. The molecule has 0 bridgehead atoms. The summed E-state index contributed by atoms with van der Waals surface area (Å²) in [5.41, 5.74) is 3.85. The molecule has 0 spiro atoms. The second-order valence-electron chi connectivity index (χ2n) is 5.16. The first kappa shape index (κ1) is 11.2. The predicted molar refractivity (Wildman–Crippen MR) is 81.6 cm³/mol. The van der Waals surface area contributed by atoms with Crippen molar-refractivity contribution in [2.75, 3.05) is 4.90 Å². The molecule has 0 N–H and O–H groups in total. The van der Waals surface area contributed by atoms with E-state index in [9.17, 15) is 4.79 Å². The van der Waals surface area contributed by atoms with E-state index in [1.54, 1.807) is 0 Å². The maximum Gasteiger partial charge on any atom is 0.263 e. The molecule has 0 aromatic heterocycles. The maximum absolute atomic E-state index is 12.7. The van der Waals surface area contributed by atoms with Gasteiger partial charge in [-0.25, -0.2) is 0 Å². The maximum atomic E-state index is 12.7. The molecule has 3 aromatic rings. The van der Waals surface area contributed by atoms with Gasteiger partial charge in [0.05, 0.1) is 11.3 Å². The molecular formula is C18H13NO. The standard InChI is InChI=1S/C18H13NO/c1-12-5-2-8-14(11-12)19-16-10-4-7-13-6-3-9-15(17(13)16)18(19)20/h2-11H,1H3. The smallest absolute Gasteiger partial charge is 0.263 e. The van der Waals surface area contributed by atoms with Gasteiger partial charge in [-0.15, -0.1) is 0 Å². The van der Waals surface area contributed by atoms with Crippen molar-refractivity contribution < 1.29 is 4.79 Å². The lowest BCUT2D eigenvalue weighted by molar-refractivity contribution is 0.100. The zero-order valence-corrected chi connectivity index (χ0v) is 11.1. The highest BCUT2D eigenvalue weighted by Gasteiger charge is 2.30. The van der Waals surface area contributed by atoms with Crippen LogP contribution in [0.2, 0.25) is 0 Å². The lowest BCUT2D eigenvalue weighted by Crippen LogP contribution is -2.20. The molecule has 1 aliphatic rings. The Morgan fingerprint density at radius 1 is 0.900 bits per heavy atom. The van der Waals surface area contributed by atoms with E-state index in [0.29, 0.717) is 0 Å². The van der Waals surface area contributed by atoms with E-state index in [1.165, 1.54) is 0 Å². The van der Waals surface area contributed by atoms with Gasteiger partial charge >= 0.3 is 0 Å². The number of carbonyl (C=O) groups excluding carboxylic acids is 1. The highest BCUT2D eigenvalue weighted by atomic mass is 16.2. The van der Waals surface area contributed by atoms with Crippen LogP contribution in [0.5, 0.6) is 0 Å². The van der Waals surface area contributed by atoms with Gasteiger partial charge in [-0.1, -0.05) is 36.4 Å². The predicted octanol–water partition coefficient (Wildman–Crippen LogP) is 4.44. The van der Waals surface area contributed by atoms with Gasteiger partial charge in [0.15, 0.2) is 0 Å². The first-order valence-electron chi connectivity index (χ1n) is 6.68. The Morgan fingerprint density at radius 3 is 2.45 bits per heavy atom. The average Bonchev–Trinajstić information content (AvgIpc) is 2.75. The van der Waals surface area contributed by atoms with Crippen LogP contribution in [-0.4, -0.2) is 5.91 Å². The second-order valence-corrected chi connectivity index (χ2v) is 5.16. The summed E-state index contributed by atoms with van der Waals surface area (Å²) in [6.45, 7) is 2.04. The number of amides is 1. The Kier molecular flexibility index (Phi) is 2.21. The second kappa shape index (κ2) is 3.94. The van der Waals surface area contributed by atoms with Crippen molar-refractivity contribution in [2.45, 2.75) is 6.92 Å². The van der Waals surface area contributed by atoms with Gasteiger partial charge in [-0.2, -0.15) is 0 Å². The SMILES string of the molecule is Cc1cccc(N2C(=O)c3cccc4cccc2c34)c1. The quantitative estimate of drug-likeness (QED) is 0.632. The van der Waals surface area contributed by atoms with Gasteiger partial charge in [0, 0.05) is 11.1 Å². The topological polar surface area (TPSA) is 20.3 Å². The Hall–Kier alpha value is -2.61. The molecule has 0 aliphatic carbocycles. The number of anilines is 2. The fourth-order valence-electron chi connectivity index (χ4n) is 2.94. The van der Waals surface area contributed by atoms with Crippen molar-refractivity contribution in [2.24, 2.45) is 0 Å². The van der Waals surface area contributed by atoms with Gasteiger partial charge < -0.3 is 0 Å². The van der Waals surface area contributed by atoms with E-state index in [1.807, 2.05) is 60.4 Å². The zero-order chi connectivity index (χ0) is 13.7. The largest absolute Gasteiger partial charge is 0.276 e. The first-order valence-corrected chi connectivity index (χ1v) is 6.68. The third-order valence-corrected chi connectivity index (χ3v) is 3.82. The number of rotatable bonds is 1. The first-order chi connectivity index (χ1) is 9.75. The van der Waals surface area contributed by atoms with Gasteiger partial charge in [-0.3, -0.25) is 9.69 Å². The molecule has 1 heterocycles. The summed E-state index contributed by atoms with van der Waals surface area (Å²) in [5.74, 6) is 0.0578. The van der Waals surface area contributed by atoms with E-state index in [2.05, 4.69) is 12.1 Å². The van der Waals surface area contributed by atoms with Crippen LogP contribution in [-0.2, 0) is 0 Å². The van der Waals surface area contributed by atoms with Crippen molar-refractivity contribution >= 4 is 28.1 Å². The number of aryl methyl sites for hydroxylation is 1. The fraction of sp³-hybridized carbons (Fsp3) is 0.0556. The molecule has 96 valence electrons. The highest BCUT2D eigenvalue weighted by molar-refractivity contribution is 6.27. The molecule has 1 aliphatic heterocycles. The van der Waals surface area contributed by atoms with E-state index in [4.69, 9.17) is 0 Å². The molecule has 0 saturated carbocycles. The number of benzene rings is 3. The summed E-state index contributed by atoms with van der Waals surface area (Å²) in [4.78, 5) is 14.5. The molecule has 2 nitrogen and oxygen atoms in total. The third kappa shape index (κ3) is 1.42. The number of carbonyl (C=O) groups is 1. The monoisotopic (exact) mass is 259 g/mol. The molecule has 0 unspecified atom stereocenters. The van der Waals surface area contributed by atoms with Crippen molar-refractivity contribution in [3.05, 3.63) is 71.8 Å². The van der Waals surface area contributed by atoms with Gasteiger partial charge in [0.25, 0.3) is 5.91 Å². The average molecular weight is 259 g/mol. The van der Waals surface area contributed by atoms with Crippen LogP contribution < -0.4 is 4.90 Å². The fourth-order valence-corrected chi connectivity index (χ4v) is 2.94. The van der Waals surface area contributed by atoms with Crippen LogP contribution in [0.1, 0.15) is 15.9 Å². The number of hydrogen-bond donors (Lipinski definition) is 0. The molecule has 2 heteroatoms. The number of hydrogen-bond acceptors (Lipinski definition) is 1. The van der Waals surface area contributed by atoms with Crippen LogP contribution in [0.25, 0.3) is 10.8 Å². The minimum Gasteiger partial charge on any atom is -0.276 e. The van der Waals surface area contributed by atoms with E-state index >= 15 is 0 Å². The molecule has 4 rings (SSSR count). The van der Waals surface area contributed by atoms with Gasteiger partial charge in [-0.05, 0) is 42.1 Å². The summed E-state index contributed by atoms with van der Waals surface area (Å²) >= 11 is 0. The lowest BCUT2D eigenvalue weighted by Gasteiger charge is -2.18. The van der Waals surface area contributed by atoms with Gasteiger partial charge in [0.2, 0.25) is 0 Å². The molecule has 1 amide bonds. The van der Waals surface area contributed by atoms with Crippen LogP contribution in [0.15, 0.2) is 60.7 Å². The molecule has 0 atom stereocenters. The Bertz CT molecular complexity index is 846. The minimum atomic E-state index is 0.0578. The summed E-state index contributed by atoms with van der Waals surface area (Å²) in [5, 5.41) is 2.17. The van der Waals surface area contributed by atoms with Crippen LogP contribution >= 0.6 is 0 Å². The van der Waals surface area contributed by atoms with Crippen molar-refractivity contribution in [3.63, 3.8) is 0 Å². The van der Waals surface area contributed by atoms with Gasteiger partial charge in [0.1, 0.15) is 0 Å². The zero-order valence-electron chi connectivity index (χ0n) is 11.1. The van der Waals surface area contributed by atoms with Crippen LogP contribution in [0.4, 0.5) is 11.4 Å². The summed E-state index contributed by atoms with van der Waals surface area (Å²) in [6, 6.07) is 20.0. The van der Waals surface area contributed by atoms with E-state index < -0.39 is 0 Å².